The Morgan fingerprint density at radius 1 is 0.846 bits per heavy atom. The van der Waals surface area contributed by atoms with Crippen LogP contribution in [0.15, 0.2) is 84.9 Å². The first-order chi connectivity index (χ1) is 12.7. The van der Waals surface area contributed by atoms with E-state index in [-0.39, 0.29) is 0 Å². The van der Waals surface area contributed by atoms with Crippen LogP contribution in [0.1, 0.15) is 30.0 Å². The molecule has 0 bridgehead atoms. The Kier molecular flexibility index (Phi) is 6.05. The molecule has 0 aliphatic heterocycles. The second-order valence-electron chi connectivity index (χ2n) is 6.36. The average molecular weight is 347 g/mol. The maximum atomic E-state index is 11.1. The summed E-state index contributed by atoms with van der Waals surface area (Å²) in [5.74, 6) is 0.750. The van der Waals surface area contributed by atoms with E-state index in [0.29, 0.717) is 19.6 Å². The molecule has 0 heterocycles. The molecule has 0 fully saturated rings. The number of ether oxygens (including phenoxy) is 1. The van der Waals surface area contributed by atoms with Crippen molar-refractivity contribution in [2.24, 2.45) is 0 Å². The van der Waals surface area contributed by atoms with Gasteiger partial charge in [-0.15, -0.1) is 0 Å². The second kappa shape index (κ2) is 8.65. The van der Waals surface area contributed by atoms with Crippen LogP contribution >= 0.6 is 0 Å². The maximum absolute atomic E-state index is 11.1. The molecule has 0 spiro atoms. The summed E-state index contributed by atoms with van der Waals surface area (Å²) in [6.45, 7) is 3.07. The van der Waals surface area contributed by atoms with Gasteiger partial charge in [0.15, 0.2) is 0 Å². The van der Waals surface area contributed by atoms with Gasteiger partial charge in [0.05, 0.1) is 0 Å². The maximum Gasteiger partial charge on any atom is 0.142 e. The first-order valence-electron chi connectivity index (χ1n) is 8.98. The van der Waals surface area contributed by atoms with Crippen LogP contribution in [0.2, 0.25) is 0 Å². The minimum Gasteiger partial charge on any atom is -0.489 e. The third-order valence-electron chi connectivity index (χ3n) is 4.50. The van der Waals surface area contributed by atoms with Crippen molar-refractivity contribution in [1.29, 1.82) is 0 Å². The molecule has 26 heavy (non-hydrogen) atoms. The highest BCUT2D eigenvalue weighted by molar-refractivity contribution is 5.32. The van der Waals surface area contributed by atoms with E-state index in [2.05, 4.69) is 5.32 Å². The fourth-order valence-corrected chi connectivity index (χ4v) is 2.86. The van der Waals surface area contributed by atoms with Gasteiger partial charge in [0, 0.05) is 12.1 Å². The van der Waals surface area contributed by atoms with Crippen molar-refractivity contribution < 1.29 is 9.84 Å². The predicted molar refractivity (Wildman–Crippen MR) is 105 cm³/mol. The van der Waals surface area contributed by atoms with Gasteiger partial charge < -0.3 is 9.84 Å². The Balaban J connectivity index is 1.69. The molecule has 0 amide bonds. The molecule has 3 aromatic carbocycles. The van der Waals surface area contributed by atoms with Crippen LogP contribution in [0, 0.1) is 0 Å². The molecule has 3 heteroatoms. The van der Waals surface area contributed by atoms with E-state index in [1.54, 1.807) is 0 Å². The molecular weight excluding hydrogens is 322 g/mol. The molecular formula is C23H25NO2. The van der Waals surface area contributed by atoms with Crippen LogP contribution in [0.5, 0.6) is 5.75 Å². The minimum absolute atomic E-state index is 0.506. The molecule has 2 N–H and O–H groups in total. The molecule has 0 aliphatic rings. The lowest BCUT2D eigenvalue weighted by Crippen LogP contribution is -2.41. The zero-order chi connectivity index (χ0) is 18.2. The van der Waals surface area contributed by atoms with Crippen molar-refractivity contribution in [2.75, 3.05) is 0 Å². The van der Waals surface area contributed by atoms with Gasteiger partial charge in [-0.25, -0.2) is 0 Å². The molecule has 0 aliphatic carbocycles. The summed E-state index contributed by atoms with van der Waals surface area (Å²) >= 11 is 0. The zero-order valence-electron chi connectivity index (χ0n) is 15.1. The van der Waals surface area contributed by atoms with Crippen molar-refractivity contribution >= 4 is 0 Å². The van der Waals surface area contributed by atoms with Crippen LogP contribution in [-0.4, -0.2) is 5.11 Å². The van der Waals surface area contributed by atoms with Crippen LogP contribution in [-0.2, 0) is 18.9 Å². The highest BCUT2D eigenvalue weighted by Gasteiger charge is 2.26. The standard InChI is InChI=1S/C23H25NO2/c1-2-23(25,24-17-19-10-5-3-6-11-19)21-14-9-15-22(16-21)26-18-20-12-7-4-8-13-20/h3-16,24-25H,2,17-18H2,1H3. The molecule has 134 valence electrons. The Bertz CT molecular complexity index is 805. The lowest BCUT2D eigenvalue weighted by atomic mass is 9.99. The van der Waals surface area contributed by atoms with Gasteiger partial charge >= 0.3 is 0 Å². The monoisotopic (exact) mass is 347 g/mol. The number of rotatable bonds is 8. The number of hydrogen-bond donors (Lipinski definition) is 2. The van der Waals surface area contributed by atoms with Gasteiger partial charge in [0.25, 0.3) is 0 Å². The fraction of sp³-hybridized carbons (Fsp3) is 0.217. The Hall–Kier alpha value is -2.62. The SMILES string of the molecule is CCC(O)(NCc1ccccc1)c1cccc(OCc2ccccc2)c1. The van der Waals surface area contributed by atoms with Crippen molar-refractivity contribution in [3.63, 3.8) is 0 Å². The quantitative estimate of drug-likeness (QED) is 0.585. The Morgan fingerprint density at radius 2 is 1.50 bits per heavy atom. The number of aliphatic hydroxyl groups is 1. The van der Waals surface area contributed by atoms with E-state index < -0.39 is 5.72 Å². The van der Waals surface area contributed by atoms with Crippen molar-refractivity contribution in [3.8, 4) is 5.75 Å². The van der Waals surface area contributed by atoms with Gasteiger partial charge in [0.2, 0.25) is 0 Å². The summed E-state index contributed by atoms with van der Waals surface area (Å²) in [7, 11) is 0. The highest BCUT2D eigenvalue weighted by atomic mass is 16.5. The molecule has 1 unspecified atom stereocenters. The summed E-state index contributed by atoms with van der Waals surface area (Å²) in [5.41, 5.74) is 1.96. The summed E-state index contributed by atoms with van der Waals surface area (Å²) in [6, 6.07) is 27.8. The van der Waals surface area contributed by atoms with Crippen LogP contribution < -0.4 is 10.1 Å². The molecule has 0 saturated carbocycles. The van der Waals surface area contributed by atoms with Crippen molar-refractivity contribution in [3.05, 3.63) is 102 Å². The van der Waals surface area contributed by atoms with E-state index >= 15 is 0 Å². The average Bonchev–Trinajstić information content (AvgIpc) is 2.72. The zero-order valence-corrected chi connectivity index (χ0v) is 15.1. The molecule has 3 rings (SSSR count). The molecule has 0 radical (unpaired) electrons. The van der Waals surface area contributed by atoms with Crippen LogP contribution in [0.4, 0.5) is 0 Å². The number of nitrogens with one attached hydrogen (secondary N) is 1. The third kappa shape index (κ3) is 4.72. The van der Waals surface area contributed by atoms with Crippen LogP contribution in [0.3, 0.4) is 0 Å². The lowest BCUT2D eigenvalue weighted by Gasteiger charge is -2.29. The van der Waals surface area contributed by atoms with Gasteiger partial charge in [-0.2, -0.15) is 0 Å². The normalized spacial score (nSPS) is 13.2. The van der Waals surface area contributed by atoms with E-state index in [1.807, 2.05) is 91.9 Å². The molecule has 3 nitrogen and oxygen atoms in total. The van der Waals surface area contributed by atoms with Crippen molar-refractivity contribution in [1.82, 2.24) is 5.32 Å². The second-order valence-corrected chi connectivity index (χ2v) is 6.36. The third-order valence-corrected chi connectivity index (χ3v) is 4.50. The van der Waals surface area contributed by atoms with Crippen LogP contribution in [0.25, 0.3) is 0 Å². The number of benzene rings is 3. The largest absolute Gasteiger partial charge is 0.489 e. The highest BCUT2D eigenvalue weighted by Crippen LogP contribution is 2.26. The number of hydrogen-bond acceptors (Lipinski definition) is 3. The first kappa shape index (κ1) is 18.2. The minimum atomic E-state index is -1.10. The van der Waals surface area contributed by atoms with Gasteiger partial charge in [-0.3, -0.25) is 5.32 Å². The summed E-state index contributed by atoms with van der Waals surface area (Å²) in [5, 5.41) is 14.4. The molecule has 1 atom stereocenters. The van der Waals surface area contributed by atoms with E-state index in [1.165, 1.54) is 0 Å². The molecule has 0 aromatic heterocycles. The fourth-order valence-electron chi connectivity index (χ4n) is 2.86. The van der Waals surface area contributed by atoms with Gasteiger partial charge in [-0.05, 0) is 29.7 Å². The van der Waals surface area contributed by atoms with E-state index in [0.717, 1.165) is 22.4 Å². The van der Waals surface area contributed by atoms with E-state index in [4.69, 9.17) is 4.74 Å². The molecule has 3 aromatic rings. The first-order valence-corrected chi connectivity index (χ1v) is 8.98. The topological polar surface area (TPSA) is 41.5 Å². The summed E-state index contributed by atoms with van der Waals surface area (Å²) in [4.78, 5) is 0. The van der Waals surface area contributed by atoms with E-state index in [9.17, 15) is 5.11 Å². The summed E-state index contributed by atoms with van der Waals surface area (Å²) in [6.07, 6.45) is 0.558. The molecule has 0 saturated heterocycles. The smallest absolute Gasteiger partial charge is 0.142 e. The van der Waals surface area contributed by atoms with Gasteiger partial charge in [0.1, 0.15) is 18.1 Å². The Labute approximate surface area is 155 Å². The lowest BCUT2D eigenvalue weighted by molar-refractivity contribution is -0.00591. The predicted octanol–water partition coefficient (Wildman–Crippen LogP) is 4.61. The summed E-state index contributed by atoms with van der Waals surface area (Å²) < 4.78 is 5.90. The Morgan fingerprint density at radius 3 is 2.15 bits per heavy atom. The van der Waals surface area contributed by atoms with Crippen molar-refractivity contribution in [2.45, 2.75) is 32.2 Å². The van der Waals surface area contributed by atoms with Gasteiger partial charge in [-0.1, -0.05) is 79.7 Å².